The molecule has 72 heavy (non-hydrogen) atoms. The first kappa shape index (κ1) is 68.6. The second kappa shape index (κ2) is 48.0. The summed E-state index contributed by atoms with van der Waals surface area (Å²) in [6.45, 7) is 21.0. The van der Waals surface area contributed by atoms with Crippen molar-refractivity contribution in [1.82, 2.24) is 19.6 Å². The highest BCUT2D eigenvalue weighted by atomic mass is 16.5. The van der Waals surface area contributed by atoms with E-state index in [1.165, 1.54) is 103 Å². The molecule has 0 spiro atoms. The van der Waals surface area contributed by atoms with E-state index in [1.54, 1.807) is 0 Å². The normalized spacial score (nSPS) is 17.4. The monoisotopic (exact) mass is 1020 g/mol. The number of unbranched alkanes of at least 4 members (excludes halogenated alkanes) is 22. The van der Waals surface area contributed by atoms with Gasteiger partial charge in [0.25, 0.3) is 0 Å². The molecule has 1 rings (SSSR count). The zero-order valence-corrected chi connectivity index (χ0v) is 48.2. The summed E-state index contributed by atoms with van der Waals surface area (Å²) in [4.78, 5) is 34.8. The van der Waals surface area contributed by atoms with Crippen molar-refractivity contribution in [2.24, 2.45) is 0 Å². The fourth-order valence-electron chi connectivity index (χ4n) is 10.5. The van der Waals surface area contributed by atoms with Crippen LogP contribution in [-0.4, -0.2) is 167 Å². The van der Waals surface area contributed by atoms with E-state index >= 15 is 0 Å². The lowest BCUT2D eigenvalue weighted by molar-refractivity contribution is -0.146. The number of rotatable bonds is 52. The van der Waals surface area contributed by atoms with Gasteiger partial charge >= 0.3 is 11.9 Å². The average molecular weight is 1030 g/mol. The minimum absolute atomic E-state index is 0.165. The van der Waals surface area contributed by atoms with Gasteiger partial charge in [0, 0.05) is 77.3 Å². The molecule has 4 N–H and O–H groups in total. The van der Waals surface area contributed by atoms with Gasteiger partial charge in [-0.15, -0.1) is 0 Å². The van der Waals surface area contributed by atoms with E-state index in [1.807, 2.05) is 0 Å². The molecule has 0 saturated carbocycles. The van der Waals surface area contributed by atoms with Crippen molar-refractivity contribution in [3.8, 4) is 0 Å². The van der Waals surface area contributed by atoms with Crippen molar-refractivity contribution < 1.29 is 39.5 Å². The van der Waals surface area contributed by atoms with E-state index in [9.17, 15) is 30.0 Å². The molecule has 428 valence electrons. The van der Waals surface area contributed by atoms with E-state index in [0.717, 1.165) is 129 Å². The zero-order chi connectivity index (χ0) is 52.9. The molecule has 6 atom stereocenters. The summed E-state index contributed by atoms with van der Waals surface area (Å²) in [6.07, 6.45) is 34.3. The highest BCUT2D eigenvalue weighted by molar-refractivity contribution is 5.69. The van der Waals surface area contributed by atoms with Crippen molar-refractivity contribution in [3.05, 3.63) is 0 Å². The summed E-state index contributed by atoms with van der Waals surface area (Å²) in [5.41, 5.74) is 0. The van der Waals surface area contributed by atoms with E-state index in [0.29, 0.717) is 65.3 Å². The van der Waals surface area contributed by atoms with Crippen molar-refractivity contribution in [1.29, 1.82) is 0 Å². The molecule has 6 unspecified atom stereocenters. The Morgan fingerprint density at radius 1 is 0.417 bits per heavy atom. The van der Waals surface area contributed by atoms with Crippen LogP contribution in [0.15, 0.2) is 0 Å². The third-order valence-electron chi connectivity index (χ3n) is 15.2. The summed E-state index contributed by atoms with van der Waals surface area (Å²) in [6, 6.07) is 0.567. The lowest BCUT2D eigenvalue weighted by Crippen LogP contribution is -2.57. The number of aliphatic hydroxyl groups is 4. The van der Waals surface area contributed by atoms with Gasteiger partial charge in [0.05, 0.1) is 24.4 Å². The van der Waals surface area contributed by atoms with Gasteiger partial charge in [-0.2, -0.15) is 0 Å². The summed E-state index contributed by atoms with van der Waals surface area (Å²) in [5, 5.41) is 43.6. The Labute approximate surface area is 444 Å². The van der Waals surface area contributed by atoms with Gasteiger partial charge in [-0.1, -0.05) is 182 Å². The molecule has 1 fully saturated rings. The highest BCUT2D eigenvalue weighted by Gasteiger charge is 2.29. The van der Waals surface area contributed by atoms with E-state index in [2.05, 4.69) is 61.1 Å². The number of nitrogens with zero attached hydrogens (tertiary/aromatic N) is 4. The number of esters is 2. The molecular formula is C60H120N4O8. The van der Waals surface area contributed by atoms with Crippen LogP contribution in [0.2, 0.25) is 0 Å². The van der Waals surface area contributed by atoms with Crippen molar-refractivity contribution in [2.45, 2.75) is 296 Å². The minimum Gasteiger partial charge on any atom is -0.464 e. The maximum absolute atomic E-state index is 12.8. The summed E-state index contributed by atoms with van der Waals surface area (Å²) in [7, 11) is 0. The molecule has 1 heterocycles. The van der Waals surface area contributed by atoms with Crippen LogP contribution in [0.4, 0.5) is 0 Å². The zero-order valence-electron chi connectivity index (χ0n) is 48.2. The first-order valence-electron chi connectivity index (χ1n) is 30.9. The molecule has 1 aliphatic rings. The predicted octanol–water partition coefficient (Wildman–Crippen LogP) is 11.9. The van der Waals surface area contributed by atoms with E-state index < -0.39 is 24.4 Å². The Hall–Kier alpha value is -1.38. The van der Waals surface area contributed by atoms with Crippen LogP contribution in [0.1, 0.15) is 260 Å². The van der Waals surface area contributed by atoms with Crippen molar-refractivity contribution >= 4 is 11.9 Å². The van der Waals surface area contributed by atoms with Crippen LogP contribution in [-0.2, 0) is 19.1 Å². The van der Waals surface area contributed by atoms with Gasteiger partial charge in [0.1, 0.15) is 13.2 Å². The third kappa shape index (κ3) is 40.0. The summed E-state index contributed by atoms with van der Waals surface area (Å²) < 4.78 is 11.4. The SMILES string of the molecule is CCCCCCCCC(O)CN(CCCCC(=O)OCCN1CC(C)N(CCOC(=O)CCCCN(CC(O)CCCCCCCC)CC(O)CCCCCCCC)CC1C)CC(O)CCCCCCCC. The third-order valence-corrected chi connectivity index (χ3v) is 15.2. The number of carbonyl (C=O) groups is 2. The van der Waals surface area contributed by atoms with Gasteiger partial charge in [0.2, 0.25) is 0 Å². The molecule has 0 amide bonds. The molecule has 0 aromatic rings. The molecule has 0 radical (unpaired) electrons. The Bertz CT molecular complexity index is 1080. The van der Waals surface area contributed by atoms with Gasteiger partial charge in [-0.05, 0) is 78.3 Å². The van der Waals surface area contributed by atoms with Crippen LogP contribution < -0.4 is 0 Å². The maximum Gasteiger partial charge on any atom is 0.305 e. The summed E-state index contributed by atoms with van der Waals surface area (Å²) >= 11 is 0. The minimum atomic E-state index is -0.395. The Morgan fingerprint density at radius 3 is 0.958 bits per heavy atom. The number of piperazine rings is 1. The number of aliphatic hydroxyl groups excluding tert-OH is 4. The number of ether oxygens (including phenoxy) is 2. The molecule has 12 nitrogen and oxygen atoms in total. The van der Waals surface area contributed by atoms with Gasteiger partial charge in [0.15, 0.2) is 0 Å². The summed E-state index contributed by atoms with van der Waals surface area (Å²) in [5.74, 6) is -0.331. The van der Waals surface area contributed by atoms with E-state index in [4.69, 9.17) is 9.47 Å². The maximum atomic E-state index is 12.8. The molecule has 12 heteroatoms. The van der Waals surface area contributed by atoms with Crippen LogP contribution >= 0.6 is 0 Å². The van der Waals surface area contributed by atoms with Crippen LogP contribution in [0.3, 0.4) is 0 Å². The molecule has 0 bridgehead atoms. The predicted molar refractivity (Wildman–Crippen MR) is 301 cm³/mol. The number of carbonyl (C=O) groups excluding carboxylic acids is 2. The lowest BCUT2D eigenvalue weighted by atomic mass is 10.1. The molecule has 0 aromatic heterocycles. The first-order chi connectivity index (χ1) is 34.9. The van der Waals surface area contributed by atoms with Gasteiger partial charge in [-0.3, -0.25) is 29.2 Å². The second-order valence-electron chi connectivity index (χ2n) is 22.4. The average Bonchev–Trinajstić information content (AvgIpc) is 3.34. The standard InChI is InChI=1S/C60H120N4O8/c1-7-11-15-19-23-27-35-55(65)49-61(50-56(66)36-28-24-20-16-12-8-2)41-33-31-39-59(69)71-45-43-63-47-54(6)64(48-53(63)5)44-46-72-60(70)40-32-34-42-62(51-57(67)37-29-25-21-17-13-9-3)52-58(68)38-30-26-22-18-14-10-4/h53-58,65-68H,7-52H2,1-6H3. The molecule has 1 saturated heterocycles. The molecule has 0 aromatic carbocycles. The molecule has 1 aliphatic heterocycles. The van der Waals surface area contributed by atoms with Crippen LogP contribution in [0, 0.1) is 0 Å². The van der Waals surface area contributed by atoms with Gasteiger partial charge < -0.3 is 29.9 Å². The lowest BCUT2D eigenvalue weighted by Gasteiger charge is -2.44. The highest BCUT2D eigenvalue weighted by Crippen LogP contribution is 2.18. The molecule has 0 aliphatic carbocycles. The van der Waals surface area contributed by atoms with Gasteiger partial charge in [-0.25, -0.2) is 0 Å². The molecular weight excluding hydrogens is 905 g/mol. The largest absolute Gasteiger partial charge is 0.464 e. The topological polar surface area (TPSA) is 146 Å². The Balaban J connectivity index is 2.42. The number of hydrogen-bond acceptors (Lipinski definition) is 12. The smallest absolute Gasteiger partial charge is 0.305 e. The fourth-order valence-corrected chi connectivity index (χ4v) is 10.5. The second-order valence-corrected chi connectivity index (χ2v) is 22.4. The Kier molecular flexibility index (Phi) is 45.8. The Morgan fingerprint density at radius 2 is 0.681 bits per heavy atom. The van der Waals surface area contributed by atoms with E-state index in [-0.39, 0.29) is 24.0 Å². The first-order valence-corrected chi connectivity index (χ1v) is 30.9. The van der Waals surface area contributed by atoms with Crippen LogP contribution in [0.25, 0.3) is 0 Å². The fraction of sp³-hybridized carbons (Fsp3) is 0.967. The van der Waals surface area contributed by atoms with Crippen LogP contribution in [0.5, 0.6) is 0 Å². The van der Waals surface area contributed by atoms with Crippen molar-refractivity contribution in [3.63, 3.8) is 0 Å². The number of hydrogen-bond donors (Lipinski definition) is 4. The quantitative estimate of drug-likeness (QED) is 0.0340. The van der Waals surface area contributed by atoms with Crippen molar-refractivity contribution in [2.75, 3.05) is 78.7 Å².